The Morgan fingerprint density at radius 3 is 2.46 bits per heavy atom. The smallest absolute Gasteiger partial charge is 0.372 e. The summed E-state index contributed by atoms with van der Waals surface area (Å²) in [5, 5.41) is 11.5. The van der Waals surface area contributed by atoms with Crippen molar-refractivity contribution in [1.29, 1.82) is 0 Å². The van der Waals surface area contributed by atoms with E-state index in [-0.39, 0.29) is 17.1 Å². The second kappa shape index (κ2) is 7.69. The third-order valence-corrected chi connectivity index (χ3v) is 6.03. The lowest BCUT2D eigenvalue weighted by atomic mass is 10.1. The number of hydrogen-bond donors (Lipinski definition) is 1. The quantitative estimate of drug-likeness (QED) is 0.344. The molecule has 1 aliphatic carbocycles. The summed E-state index contributed by atoms with van der Waals surface area (Å²) in [5.41, 5.74) is 1.53. The van der Waals surface area contributed by atoms with Gasteiger partial charge in [-0.25, -0.2) is 4.39 Å². The molecular formula is C24H17F4N7. The molecule has 0 radical (unpaired) electrons. The van der Waals surface area contributed by atoms with Gasteiger partial charge in [-0.2, -0.15) is 18.2 Å². The van der Waals surface area contributed by atoms with Crippen molar-refractivity contribution in [2.24, 2.45) is 0 Å². The minimum Gasteiger partial charge on any atom is -0.372 e. The molecule has 3 heterocycles. The van der Waals surface area contributed by atoms with Gasteiger partial charge in [-0.3, -0.25) is 14.4 Å². The average Bonchev–Trinajstić information content (AvgIpc) is 3.61. The number of anilines is 1. The van der Waals surface area contributed by atoms with Crippen LogP contribution >= 0.6 is 0 Å². The summed E-state index contributed by atoms with van der Waals surface area (Å²) in [7, 11) is 1.61. The molecule has 5 aromatic rings. The summed E-state index contributed by atoms with van der Waals surface area (Å²) in [4.78, 5) is 13.2. The summed E-state index contributed by atoms with van der Waals surface area (Å²) in [6, 6.07) is 7.58. The highest BCUT2D eigenvalue weighted by Crippen LogP contribution is 2.39. The maximum atomic E-state index is 14.7. The second-order valence-corrected chi connectivity index (χ2v) is 8.43. The van der Waals surface area contributed by atoms with Crippen LogP contribution in [0.1, 0.15) is 30.0 Å². The first-order valence-electron chi connectivity index (χ1n) is 10.9. The molecule has 11 heteroatoms. The normalized spacial score (nSPS) is 14.1. The lowest BCUT2D eigenvalue weighted by Gasteiger charge is -2.12. The molecule has 7 nitrogen and oxygen atoms in total. The van der Waals surface area contributed by atoms with Crippen LogP contribution in [0.3, 0.4) is 0 Å². The summed E-state index contributed by atoms with van der Waals surface area (Å²) < 4.78 is 56.6. The minimum absolute atomic E-state index is 0.0792. The van der Waals surface area contributed by atoms with Crippen LogP contribution in [0.25, 0.3) is 39.3 Å². The number of alkyl halides is 3. The molecular weight excluding hydrogens is 462 g/mol. The topological polar surface area (TPSA) is 80.9 Å². The van der Waals surface area contributed by atoms with E-state index in [0.29, 0.717) is 33.9 Å². The van der Waals surface area contributed by atoms with Crippen LogP contribution in [-0.2, 0) is 6.18 Å². The van der Waals surface area contributed by atoms with Crippen molar-refractivity contribution in [2.45, 2.75) is 24.9 Å². The first-order valence-corrected chi connectivity index (χ1v) is 10.9. The van der Waals surface area contributed by atoms with Crippen molar-refractivity contribution >= 4 is 22.5 Å². The fourth-order valence-electron chi connectivity index (χ4n) is 4.14. The Kier molecular flexibility index (Phi) is 4.70. The monoisotopic (exact) mass is 479 g/mol. The Morgan fingerprint density at radius 2 is 1.77 bits per heavy atom. The molecule has 0 saturated heterocycles. The van der Waals surface area contributed by atoms with E-state index in [0.717, 1.165) is 30.7 Å². The Labute approximate surface area is 195 Å². The molecule has 6 rings (SSSR count). The summed E-state index contributed by atoms with van der Waals surface area (Å²) in [6.07, 6.45) is 0.922. The van der Waals surface area contributed by atoms with E-state index in [9.17, 15) is 17.6 Å². The molecule has 0 amide bonds. The average molecular weight is 479 g/mol. The van der Waals surface area contributed by atoms with Crippen LogP contribution in [0.5, 0.6) is 0 Å². The van der Waals surface area contributed by atoms with Crippen molar-refractivity contribution in [1.82, 2.24) is 29.5 Å². The van der Waals surface area contributed by atoms with Gasteiger partial charge >= 0.3 is 6.18 Å². The summed E-state index contributed by atoms with van der Waals surface area (Å²) in [5.74, 6) is 0.471. The SMILES string of the molecule is CNc1nc2nnc(-c3cc(F)cc(-c4cnc(C5CC5)cn4)c3)n2c2cc(C(F)(F)F)ccc12. The zero-order valence-electron chi connectivity index (χ0n) is 18.3. The molecule has 1 saturated carbocycles. The Balaban J connectivity index is 1.55. The molecule has 0 atom stereocenters. The van der Waals surface area contributed by atoms with Gasteiger partial charge in [0.2, 0.25) is 0 Å². The lowest BCUT2D eigenvalue weighted by molar-refractivity contribution is -0.137. The van der Waals surface area contributed by atoms with Crippen LogP contribution in [-0.4, -0.2) is 36.6 Å². The molecule has 0 bridgehead atoms. The maximum Gasteiger partial charge on any atom is 0.416 e. The molecule has 3 aromatic heterocycles. The van der Waals surface area contributed by atoms with E-state index in [1.807, 2.05) is 0 Å². The first-order chi connectivity index (χ1) is 16.8. The highest BCUT2D eigenvalue weighted by Gasteiger charge is 2.31. The Bertz CT molecular complexity index is 1590. The van der Waals surface area contributed by atoms with Crippen LogP contribution in [0.15, 0.2) is 48.8 Å². The number of fused-ring (bicyclic) bond motifs is 3. The number of hydrogen-bond acceptors (Lipinski definition) is 6. The van der Waals surface area contributed by atoms with Gasteiger partial charge in [-0.05, 0) is 49.2 Å². The van der Waals surface area contributed by atoms with Gasteiger partial charge < -0.3 is 5.32 Å². The van der Waals surface area contributed by atoms with Gasteiger partial charge in [0.1, 0.15) is 11.6 Å². The number of aromatic nitrogens is 6. The van der Waals surface area contributed by atoms with E-state index in [2.05, 4.69) is 30.5 Å². The van der Waals surface area contributed by atoms with E-state index in [1.54, 1.807) is 25.5 Å². The van der Waals surface area contributed by atoms with Crippen LogP contribution in [0.2, 0.25) is 0 Å². The van der Waals surface area contributed by atoms with E-state index >= 15 is 0 Å². The highest BCUT2D eigenvalue weighted by molar-refractivity contribution is 5.92. The van der Waals surface area contributed by atoms with Gasteiger partial charge in [-0.1, -0.05) is 0 Å². The predicted molar refractivity (Wildman–Crippen MR) is 121 cm³/mol. The van der Waals surface area contributed by atoms with E-state index < -0.39 is 17.6 Å². The number of rotatable bonds is 4. The van der Waals surface area contributed by atoms with Crippen molar-refractivity contribution in [3.8, 4) is 22.6 Å². The fraction of sp³-hybridized carbons (Fsp3) is 0.208. The largest absolute Gasteiger partial charge is 0.416 e. The van der Waals surface area contributed by atoms with Crippen molar-refractivity contribution in [2.75, 3.05) is 12.4 Å². The summed E-state index contributed by atoms with van der Waals surface area (Å²) in [6.45, 7) is 0. The van der Waals surface area contributed by atoms with Gasteiger partial charge in [0, 0.05) is 35.7 Å². The molecule has 1 N–H and O–H groups in total. The fourth-order valence-corrected chi connectivity index (χ4v) is 4.14. The molecule has 1 aliphatic rings. The van der Waals surface area contributed by atoms with E-state index in [4.69, 9.17) is 0 Å². The third kappa shape index (κ3) is 3.72. The predicted octanol–water partition coefficient (Wildman–Crippen LogP) is 5.48. The molecule has 0 spiro atoms. The molecule has 0 unspecified atom stereocenters. The van der Waals surface area contributed by atoms with Crippen LogP contribution in [0.4, 0.5) is 23.4 Å². The standard InChI is InChI=1S/C24H17F4N7/c1-29-21-17-5-4-15(24(26,27)28)9-20(17)35-22(33-34-23(35)32-21)14-6-13(7-16(25)8-14)19-11-30-18(10-31-19)12-2-3-12/h4-12H,2-3H2,1H3,(H,29,32,34). The van der Waals surface area contributed by atoms with Crippen molar-refractivity contribution < 1.29 is 17.6 Å². The zero-order chi connectivity index (χ0) is 24.3. The molecule has 0 aliphatic heterocycles. The summed E-state index contributed by atoms with van der Waals surface area (Å²) >= 11 is 0. The second-order valence-electron chi connectivity index (χ2n) is 8.43. The number of nitrogens with zero attached hydrogens (tertiary/aromatic N) is 6. The maximum absolute atomic E-state index is 14.7. The lowest BCUT2D eigenvalue weighted by Crippen LogP contribution is -2.07. The van der Waals surface area contributed by atoms with Crippen molar-refractivity contribution in [3.05, 3.63) is 65.9 Å². The van der Waals surface area contributed by atoms with Crippen LogP contribution < -0.4 is 5.32 Å². The third-order valence-electron chi connectivity index (χ3n) is 6.03. The van der Waals surface area contributed by atoms with Gasteiger partial charge in [0.25, 0.3) is 5.78 Å². The zero-order valence-corrected chi connectivity index (χ0v) is 18.3. The number of halogens is 4. The van der Waals surface area contributed by atoms with Crippen molar-refractivity contribution in [3.63, 3.8) is 0 Å². The highest BCUT2D eigenvalue weighted by atomic mass is 19.4. The Hall–Kier alpha value is -4.15. The molecule has 176 valence electrons. The number of nitrogens with one attached hydrogen (secondary N) is 1. The Morgan fingerprint density at radius 1 is 0.971 bits per heavy atom. The minimum atomic E-state index is -4.55. The van der Waals surface area contributed by atoms with Gasteiger partial charge in [0.05, 0.1) is 28.7 Å². The van der Waals surface area contributed by atoms with Gasteiger partial charge in [0.15, 0.2) is 5.82 Å². The van der Waals surface area contributed by atoms with Crippen LogP contribution in [0, 0.1) is 5.82 Å². The molecule has 1 fully saturated rings. The number of benzene rings is 2. The first kappa shape index (κ1) is 21.4. The van der Waals surface area contributed by atoms with Gasteiger partial charge in [-0.15, -0.1) is 10.2 Å². The molecule has 35 heavy (non-hydrogen) atoms. The van der Waals surface area contributed by atoms with E-state index in [1.165, 1.54) is 22.6 Å². The molecule has 2 aromatic carbocycles.